The van der Waals surface area contributed by atoms with Gasteiger partial charge in [0, 0.05) is 19.8 Å². The number of methoxy groups -OCH3 is 1. The first-order valence-electron chi connectivity index (χ1n) is 10.1. The SMILES string of the molecule is CCC1OC(C)(C)OC1(C)CCC(=O)CCCC(OC(C)=O)C(C)C(=O)OC. The van der Waals surface area contributed by atoms with E-state index in [4.69, 9.17) is 18.9 Å². The van der Waals surface area contributed by atoms with Crippen molar-refractivity contribution >= 4 is 17.7 Å². The lowest BCUT2D eigenvalue weighted by molar-refractivity contribution is -0.162. The Balaban J connectivity index is 2.50. The Morgan fingerprint density at radius 3 is 2.32 bits per heavy atom. The average Bonchev–Trinajstić information content (AvgIpc) is 2.86. The molecule has 0 bridgehead atoms. The van der Waals surface area contributed by atoms with Gasteiger partial charge in [0.15, 0.2) is 5.79 Å². The van der Waals surface area contributed by atoms with Gasteiger partial charge in [-0.3, -0.25) is 14.4 Å². The van der Waals surface area contributed by atoms with Gasteiger partial charge in [0.05, 0.1) is 24.7 Å². The number of hydrogen-bond acceptors (Lipinski definition) is 7. The van der Waals surface area contributed by atoms with Crippen LogP contribution in [-0.4, -0.2) is 48.4 Å². The molecule has 0 radical (unpaired) electrons. The van der Waals surface area contributed by atoms with Gasteiger partial charge in [-0.15, -0.1) is 0 Å². The summed E-state index contributed by atoms with van der Waals surface area (Å²) in [5, 5.41) is 0. The molecule has 1 aliphatic rings. The third kappa shape index (κ3) is 7.17. The first-order valence-corrected chi connectivity index (χ1v) is 10.1. The summed E-state index contributed by atoms with van der Waals surface area (Å²) in [4.78, 5) is 35.4. The van der Waals surface area contributed by atoms with Gasteiger partial charge in [-0.25, -0.2) is 0 Å². The molecule has 1 heterocycles. The van der Waals surface area contributed by atoms with Crippen molar-refractivity contribution in [3.8, 4) is 0 Å². The quantitative estimate of drug-likeness (QED) is 0.490. The molecule has 0 aromatic rings. The van der Waals surface area contributed by atoms with Gasteiger partial charge in [-0.1, -0.05) is 6.92 Å². The lowest BCUT2D eigenvalue weighted by Gasteiger charge is -2.28. The number of hydrogen-bond donors (Lipinski definition) is 0. The van der Waals surface area contributed by atoms with E-state index in [1.807, 2.05) is 27.7 Å². The standard InChI is InChI=1S/C21H36O7/c1-8-18-21(6,28-20(4,5)27-18)13-12-16(23)10-9-11-17(26-15(3)22)14(2)19(24)25-7/h14,17-18H,8-13H2,1-7H3. The molecule has 4 unspecified atom stereocenters. The smallest absolute Gasteiger partial charge is 0.312 e. The summed E-state index contributed by atoms with van der Waals surface area (Å²) < 4.78 is 22.0. The van der Waals surface area contributed by atoms with Crippen LogP contribution in [0.1, 0.15) is 80.1 Å². The minimum atomic E-state index is -0.639. The molecule has 4 atom stereocenters. The van der Waals surface area contributed by atoms with Crippen LogP contribution in [0.2, 0.25) is 0 Å². The number of carbonyl (C=O) groups excluding carboxylic acids is 3. The number of esters is 2. The predicted octanol–water partition coefficient (Wildman–Crippen LogP) is 3.57. The zero-order chi connectivity index (χ0) is 21.5. The highest BCUT2D eigenvalue weighted by atomic mass is 16.8. The van der Waals surface area contributed by atoms with Crippen LogP contribution in [0.5, 0.6) is 0 Å². The summed E-state index contributed by atoms with van der Waals surface area (Å²) >= 11 is 0. The van der Waals surface area contributed by atoms with E-state index in [9.17, 15) is 14.4 Å². The molecule has 0 N–H and O–H groups in total. The van der Waals surface area contributed by atoms with E-state index < -0.39 is 35.3 Å². The van der Waals surface area contributed by atoms with Gasteiger partial charge in [0.25, 0.3) is 0 Å². The van der Waals surface area contributed by atoms with Gasteiger partial charge >= 0.3 is 11.9 Å². The molecule has 0 amide bonds. The second-order valence-electron chi connectivity index (χ2n) is 8.22. The predicted molar refractivity (Wildman–Crippen MR) is 104 cm³/mol. The van der Waals surface area contributed by atoms with Crippen molar-refractivity contribution in [2.45, 2.75) is 104 Å². The lowest BCUT2D eigenvalue weighted by Crippen LogP contribution is -2.37. The molecule has 0 spiro atoms. The summed E-state index contributed by atoms with van der Waals surface area (Å²) in [6.45, 7) is 10.8. The largest absolute Gasteiger partial charge is 0.469 e. The Morgan fingerprint density at radius 1 is 1.14 bits per heavy atom. The van der Waals surface area contributed by atoms with Crippen LogP contribution in [0.4, 0.5) is 0 Å². The van der Waals surface area contributed by atoms with Gasteiger partial charge < -0.3 is 18.9 Å². The maximum Gasteiger partial charge on any atom is 0.312 e. The average molecular weight is 401 g/mol. The Kier molecular flexibility index (Phi) is 9.08. The molecule has 1 fully saturated rings. The maximum atomic E-state index is 12.4. The van der Waals surface area contributed by atoms with Gasteiger partial charge in [-0.2, -0.15) is 0 Å². The van der Waals surface area contributed by atoms with Gasteiger partial charge in [0.2, 0.25) is 0 Å². The Labute approximate surface area is 168 Å². The summed E-state index contributed by atoms with van der Waals surface area (Å²) in [6.07, 6.45) is 2.53. The highest BCUT2D eigenvalue weighted by molar-refractivity contribution is 5.78. The monoisotopic (exact) mass is 400 g/mol. The third-order valence-corrected chi connectivity index (χ3v) is 5.25. The van der Waals surface area contributed by atoms with Crippen molar-refractivity contribution < 1.29 is 33.3 Å². The van der Waals surface area contributed by atoms with Crippen LogP contribution < -0.4 is 0 Å². The minimum absolute atomic E-state index is 0.0375. The summed E-state index contributed by atoms with van der Waals surface area (Å²) in [7, 11) is 1.30. The van der Waals surface area contributed by atoms with Crippen LogP contribution >= 0.6 is 0 Å². The van der Waals surface area contributed by atoms with Crippen molar-refractivity contribution in [3.63, 3.8) is 0 Å². The summed E-state index contributed by atoms with van der Waals surface area (Å²) in [5.74, 6) is -1.97. The van der Waals surface area contributed by atoms with Crippen molar-refractivity contribution in [1.82, 2.24) is 0 Å². The Morgan fingerprint density at radius 2 is 1.79 bits per heavy atom. The highest BCUT2D eigenvalue weighted by Gasteiger charge is 2.48. The van der Waals surface area contributed by atoms with Crippen molar-refractivity contribution in [1.29, 1.82) is 0 Å². The molecule has 0 aromatic carbocycles. The summed E-state index contributed by atoms with van der Waals surface area (Å²) in [6, 6.07) is 0. The van der Waals surface area contributed by atoms with Gasteiger partial charge in [0.1, 0.15) is 11.9 Å². The molecule has 0 saturated carbocycles. The first-order chi connectivity index (χ1) is 12.9. The van der Waals surface area contributed by atoms with Crippen LogP contribution in [0.25, 0.3) is 0 Å². The molecule has 0 aliphatic carbocycles. The van der Waals surface area contributed by atoms with E-state index in [0.29, 0.717) is 32.1 Å². The number of ketones is 1. The fourth-order valence-corrected chi connectivity index (χ4v) is 3.82. The van der Waals surface area contributed by atoms with Crippen molar-refractivity contribution in [2.24, 2.45) is 5.92 Å². The molecule has 0 aromatic heterocycles. The van der Waals surface area contributed by atoms with Crippen LogP contribution in [-0.2, 0) is 33.3 Å². The van der Waals surface area contributed by atoms with E-state index >= 15 is 0 Å². The Hall–Kier alpha value is -1.47. The number of ether oxygens (including phenoxy) is 4. The number of rotatable bonds is 11. The third-order valence-electron chi connectivity index (χ3n) is 5.25. The molecule has 28 heavy (non-hydrogen) atoms. The molecule has 1 saturated heterocycles. The second-order valence-corrected chi connectivity index (χ2v) is 8.22. The molecule has 7 heteroatoms. The van der Waals surface area contributed by atoms with E-state index in [1.165, 1.54) is 14.0 Å². The maximum absolute atomic E-state index is 12.4. The van der Waals surface area contributed by atoms with Crippen LogP contribution in [0, 0.1) is 5.92 Å². The van der Waals surface area contributed by atoms with E-state index in [1.54, 1.807) is 6.92 Å². The van der Waals surface area contributed by atoms with Crippen molar-refractivity contribution in [2.75, 3.05) is 7.11 Å². The van der Waals surface area contributed by atoms with E-state index in [0.717, 1.165) is 6.42 Å². The summed E-state index contributed by atoms with van der Waals surface area (Å²) in [5.41, 5.74) is -0.479. The zero-order valence-electron chi connectivity index (χ0n) is 18.3. The molecular weight excluding hydrogens is 364 g/mol. The number of carbonyl (C=O) groups is 3. The van der Waals surface area contributed by atoms with Gasteiger partial charge in [-0.05, 0) is 53.4 Å². The fourth-order valence-electron chi connectivity index (χ4n) is 3.82. The molecular formula is C21H36O7. The topological polar surface area (TPSA) is 88.1 Å². The normalized spacial score (nSPS) is 25.8. The zero-order valence-corrected chi connectivity index (χ0v) is 18.3. The second kappa shape index (κ2) is 10.3. The number of Topliss-reactive ketones (excluding diaryl/α,β-unsaturated/α-hetero) is 1. The molecule has 1 aliphatic heterocycles. The highest BCUT2D eigenvalue weighted by Crippen LogP contribution is 2.40. The van der Waals surface area contributed by atoms with Crippen LogP contribution in [0.3, 0.4) is 0 Å². The Bertz CT molecular complexity index is 557. The lowest BCUT2D eigenvalue weighted by atomic mass is 9.90. The van der Waals surface area contributed by atoms with Crippen molar-refractivity contribution in [3.05, 3.63) is 0 Å². The molecule has 7 nitrogen and oxygen atoms in total. The van der Waals surface area contributed by atoms with Crippen LogP contribution in [0.15, 0.2) is 0 Å². The molecule has 162 valence electrons. The van der Waals surface area contributed by atoms with E-state index in [2.05, 4.69) is 0 Å². The van der Waals surface area contributed by atoms with E-state index in [-0.39, 0.29) is 11.9 Å². The fraction of sp³-hybridized carbons (Fsp3) is 0.857. The molecule has 1 rings (SSSR count). The first kappa shape index (κ1) is 24.6. The minimum Gasteiger partial charge on any atom is -0.469 e.